The Labute approximate surface area is 116 Å². The summed E-state index contributed by atoms with van der Waals surface area (Å²) >= 11 is 9.26. The molecule has 0 spiro atoms. The molecule has 1 aromatic rings. The molecule has 1 aromatic carbocycles. The maximum Gasteiger partial charge on any atom is 0.252 e. The lowest BCUT2D eigenvalue weighted by atomic mass is 10.00. The molecular weight excluding hydrogens is 302 g/mol. The van der Waals surface area contributed by atoms with Crippen LogP contribution in [0.25, 0.3) is 0 Å². The van der Waals surface area contributed by atoms with Gasteiger partial charge in [-0.25, -0.2) is 0 Å². The molecule has 2 nitrogen and oxygen atoms in total. The molecule has 1 amide bonds. The fourth-order valence-electron chi connectivity index (χ4n) is 1.44. The Bertz CT molecular complexity index is 416. The number of aryl methyl sites for hydroxylation is 1. The molecule has 0 aliphatic rings. The van der Waals surface area contributed by atoms with Crippen LogP contribution in [0.15, 0.2) is 22.7 Å². The normalized spacial score (nSPS) is 14.2. The van der Waals surface area contributed by atoms with Crippen LogP contribution in [0.2, 0.25) is 0 Å². The number of carbonyl (C=O) groups is 1. The van der Waals surface area contributed by atoms with Gasteiger partial charge in [0, 0.05) is 15.9 Å². The molecule has 1 N–H and O–H groups in total. The van der Waals surface area contributed by atoms with Gasteiger partial charge in [0.25, 0.3) is 5.91 Å². The van der Waals surface area contributed by atoms with Gasteiger partial charge in [-0.1, -0.05) is 22.9 Å². The van der Waals surface area contributed by atoms with E-state index >= 15 is 0 Å². The van der Waals surface area contributed by atoms with E-state index in [0.717, 1.165) is 16.5 Å². The molecule has 0 saturated carbocycles. The highest BCUT2D eigenvalue weighted by Gasteiger charge is 2.24. The van der Waals surface area contributed by atoms with Crippen molar-refractivity contribution in [3.05, 3.63) is 33.8 Å². The van der Waals surface area contributed by atoms with Crippen LogP contribution in [0, 0.1) is 6.92 Å². The summed E-state index contributed by atoms with van der Waals surface area (Å²) in [6.45, 7) is 5.88. The summed E-state index contributed by atoms with van der Waals surface area (Å²) in [5.74, 6) is 0.338. The summed E-state index contributed by atoms with van der Waals surface area (Å²) in [5.41, 5.74) is 1.29. The molecule has 1 unspecified atom stereocenters. The number of hydrogen-bond donors (Lipinski definition) is 1. The summed E-state index contributed by atoms with van der Waals surface area (Å²) in [6, 6.07) is 5.61. The van der Waals surface area contributed by atoms with Crippen LogP contribution < -0.4 is 5.32 Å². The SMILES string of the molecule is CCC(C)(CCl)NC(=O)c1ccc(Br)cc1C. The van der Waals surface area contributed by atoms with E-state index in [1.807, 2.05) is 39.0 Å². The lowest BCUT2D eigenvalue weighted by molar-refractivity contribution is 0.0912. The molecular formula is C13H17BrClNO. The van der Waals surface area contributed by atoms with Gasteiger partial charge in [0.15, 0.2) is 0 Å². The minimum atomic E-state index is -0.349. The van der Waals surface area contributed by atoms with Gasteiger partial charge < -0.3 is 5.32 Å². The number of halogens is 2. The quantitative estimate of drug-likeness (QED) is 0.838. The first kappa shape index (κ1) is 14.5. The first-order valence-corrected chi connectivity index (χ1v) is 6.89. The minimum absolute atomic E-state index is 0.0694. The third-order valence-electron chi connectivity index (χ3n) is 2.92. The molecule has 0 bridgehead atoms. The molecule has 17 heavy (non-hydrogen) atoms. The maximum atomic E-state index is 12.1. The number of benzene rings is 1. The van der Waals surface area contributed by atoms with Crippen LogP contribution >= 0.6 is 27.5 Å². The van der Waals surface area contributed by atoms with Gasteiger partial charge in [-0.15, -0.1) is 11.6 Å². The highest BCUT2D eigenvalue weighted by atomic mass is 79.9. The summed E-state index contributed by atoms with van der Waals surface area (Å²) < 4.78 is 0.974. The van der Waals surface area contributed by atoms with Crippen molar-refractivity contribution in [1.82, 2.24) is 5.32 Å². The third-order valence-corrected chi connectivity index (χ3v) is 4.01. The van der Waals surface area contributed by atoms with E-state index in [4.69, 9.17) is 11.6 Å². The van der Waals surface area contributed by atoms with Crippen molar-refractivity contribution in [2.45, 2.75) is 32.7 Å². The Kier molecular flexibility index (Phi) is 5.02. The van der Waals surface area contributed by atoms with E-state index in [9.17, 15) is 4.79 Å². The summed E-state index contributed by atoms with van der Waals surface area (Å²) in [7, 11) is 0. The Morgan fingerprint density at radius 3 is 2.65 bits per heavy atom. The Hall–Kier alpha value is -0.540. The molecule has 94 valence electrons. The molecule has 0 aliphatic heterocycles. The maximum absolute atomic E-state index is 12.1. The van der Waals surface area contributed by atoms with Crippen molar-refractivity contribution in [2.24, 2.45) is 0 Å². The van der Waals surface area contributed by atoms with Crippen molar-refractivity contribution >= 4 is 33.4 Å². The zero-order valence-electron chi connectivity index (χ0n) is 10.3. The number of rotatable bonds is 4. The fraction of sp³-hybridized carbons (Fsp3) is 0.462. The second-order valence-electron chi connectivity index (χ2n) is 4.46. The molecule has 0 aromatic heterocycles. The van der Waals surface area contributed by atoms with E-state index < -0.39 is 0 Å². The van der Waals surface area contributed by atoms with E-state index in [2.05, 4.69) is 21.2 Å². The average molecular weight is 319 g/mol. The molecule has 1 atom stereocenters. The summed E-state index contributed by atoms with van der Waals surface area (Å²) in [6.07, 6.45) is 0.803. The highest BCUT2D eigenvalue weighted by molar-refractivity contribution is 9.10. The molecule has 0 heterocycles. The Morgan fingerprint density at radius 1 is 1.53 bits per heavy atom. The standard InChI is InChI=1S/C13H17BrClNO/c1-4-13(3,8-15)16-12(17)11-6-5-10(14)7-9(11)2/h5-7H,4,8H2,1-3H3,(H,16,17). The first-order valence-electron chi connectivity index (χ1n) is 5.56. The van der Waals surface area contributed by atoms with Crippen molar-refractivity contribution in [2.75, 3.05) is 5.88 Å². The lowest BCUT2D eigenvalue weighted by Crippen LogP contribution is -2.47. The van der Waals surface area contributed by atoms with Crippen LogP contribution in [0.5, 0.6) is 0 Å². The van der Waals surface area contributed by atoms with Crippen LogP contribution in [0.3, 0.4) is 0 Å². The monoisotopic (exact) mass is 317 g/mol. The number of hydrogen-bond acceptors (Lipinski definition) is 1. The van der Waals surface area contributed by atoms with Crippen molar-refractivity contribution in [1.29, 1.82) is 0 Å². The topological polar surface area (TPSA) is 29.1 Å². The highest BCUT2D eigenvalue weighted by Crippen LogP contribution is 2.18. The van der Waals surface area contributed by atoms with Crippen molar-refractivity contribution < 1.29 is 4.79 Å². The van der Waals surface area contributed by atoms with Crippen LogP contribution in [0.1, 0.15) is 36.2 Å². The summed E-state index contributed by atoms with van der Waals surface area (Å²) in [5, 5.41) is 2.98. The lowest BCUT2D eigenvalue weighted by Gasteiger charge is -2.27. The molecule has 4 heteroatoms. The number of nitrogens with one attached hydrogen (secondary N) is 1. The molecule has 1 rings (SSSR count). The van der Waals surface area contributed by atoms with Gasteiger partial charge in [-0.2, -0.15) is 0 Å². The molecule has 0 fully saturated rings. The smallest absolute Gasteiger partial charge is 0.252 e. The largest absolute Gasteiger partial charge is 0.346 e. The van der Waals surface area contributed by atoms with Gasteiger partial charge in [-0.05, 0) is 44.0 Å². The van der Waals surface area contributed by atoms with Gasteiger partial charge in [0.1, 0.15) is 0 Å². The zero-order chi connectivity index (χ0) is 13.1. The van der Waals surface area contributed by atoms with Crippen LogP contribution in [-0.2, 0) is 0 Å². The molecule has 0 aliphatic carbocycles. The van der Waals surface area contributed by atoms with Gasteiger partial charge in [-0.3, -0.25) is 4.79 Å². The minimum Gasteiger partial charge on any atom is -0.346 e. The van der Waals surface area contributed by atoms with Crippen molar-refractivity contribution in [3.8, 4) is 0 Å². The van der Waals surface area contributed by atoms with E-state index in [1.54, 1.807) is 0 Å². The van der Waals surface area contributed by atoms with Gasteiger partial charge >= 0.3 is 0 Å². The van der Waals surface area contributed by atoms with E-state index in [-0.39, 0.29) is 11.4 Å². The van der Waals surface area contributed by atoms with E-state index in [1.165, 1.54) is 0 Å². The molecule has 0 radical (unpaired) electrons. The fourth-order valence-corrected chi connectivity index (χ4v) is 2.17. The number of alkyl halides is 1. The Balaban J connectivity index is 2.90. The Morgan fingerprint density at radius 2 is 2.18 bits per heavy atom. The third kappa shape index (κ3) is 3.71. The average Bonchev–Trinajstić information content (AvgIpc) is 2.28. The predicted octanol–water partition coefficient (Wildman–Crippen LogP) is 3.89. The van der Waals surface area contributed by atoms with Crippen LogP contribution in [0.4, 0.5) is 0 Å². The van der Waals surface area contributed by atoms with Crippen molar-refractivity contribution in [3.63, 3.8) is 0 Å². The molecule has 0 saturated heterocycles. The van der Waals surface area contributed by atoms with E-state index in [0.29, 0.717) is 11.4 Å². The number of amides is 1. The van der Waals surface area contributed by atoms with Crippen LogP contribution in [-0.4, -0.2) is 17.3 Å². The second-order valence-corrected chi connectivity index (χ2v) is 5.64. The second kappa shape index (κ2) is 5.87. The number of carbonyl (C=O) groups excluding carboxylic acids is 1. The predicted molar refractivity (Wildman–Crippen MR) is 75.8 cm³/mol. The van der Waals surface area contributed by atoms with Gasteiger partial charge in [0.05, 0.1) is 5.54 Å². The summed E-state index contributed by atoms with van der Waals surface area (Å²) in [4.78, 5) is 12.1. The zero-order valence-corrected chi connectivity index (χ0v) is 12.7. The first-order chi connectivity index (χ1) is 7.91. The van der Waals surface area contributed by atoms with Gasteiger partial charge in [0.2, 0.25) is 0 Å².